The summed E-state index contributed by atoms with van der Waals surface area (Å²) >= 11 is 0. The van der Waals surface area contributed by atoms with Crippen molar-refractivity contribution in [3.8, 4) is 0 Å². The zero-order valence-electron chi connectivity index (χ0n) is 5.84. The Kier molecular flexibility index (Phi) is 15.1. The van der Waals surface area contributed by atoms with E-state index in [4.69, 9.17) is 27.7 Å². The van der Waals surface area contributed by atoms with Gasteiger partial charge in [-0.05, 0) is 6.42 Å². The van der Waals surface area contributed by atoms with Crippen molar-refractivity contribution in [1.82, 2.24) is 6.15 Å². The molecule has 72 valence electrons. The lowest BCUT2D eigenvalue weighted by Crippen LogP contribution is -1.89. The van der Waals surface area contributed by atoms with E-state index in [2.05, 4.69) is 0 Å². The lowest BCUT2D eigenvalue weighted by atomic mass is 10.5. The number of rotatable bonds is 2. The predicted octanol–water partition coefficient (Wildman–Crippen LogP) is -1.13. The van der Waals surface area contributed by atoms with E-state index >= 15 is 0 Å². The van der Waals surface area contributed by atoms with E-state index in [-0.39, 0.29) is 19.4 Å². The maximum absolute atomic E-state index is 8.74. The van der Waals surface area contributed by atoms with Crippen molar-refractivity contribution in [3.63, 3.8) is 0 Å². The summed E-state index contributed by atoms with van der Waals surface area (Å²) < 4.78 is 31.6. The molecule has 0 spiro atoms. The second kappa shape index (κ2) is 9.75. The van der Waals surface area contributed by atoms with Crippen molar-refractivity contribution in [2.45, 2.75) is 6.42 Å². The molecule has 0 saturated carbocycles. The third kappa shape index (κ3) is 191. The SMILES string of the molecule is N.O=S(=O)(O)O.OCCCO. The highest BCUT2D eigenvalue weighted by Crippen LogP contribution is 1.65. The predicted molar refractivity (Wildman–Crippen MR) is 38.0 cm³/mol. The van der Waals surface area contributed by atoms with E-state index in [9.17, 15) is 0 Å². The van der Waals surface area contributed by atoms with Gasteiger partial charge in [0.2, 0.25) is 0 Å². The fraction of sp³-hybridized carbons (Fsp3) is 1.00. The van der Waals surface area contributed by atoms with Crippen LogP contribution in [0.25, 0.3) is 0 Å². The zero-order chi connectivity index (χ0) is 8.62. The molecule has 0 saturated heterocycles. The fourth-order valence-corrected chi connectivity index (χ4v) is 0.0707. The van der Waals surface area contributed by atoms with Gasteiger partial charge in [0.15, 0.2) is 0 Å². The third-order valence-corrected chi connectivity index (χ3v) is 0.316. The summed E-state index contributed by atoms with van der Waals surface area (Å²) in [5, 5.41) is 15.8. The molecule has 0 atom stereocenters. The minimum atomic E-state index is -4.67. The normalized spacial score (nSPS) is 9.09. The van der Waals surface area contributed by atoms with E-state index in [1.54, 1.807) is 0 Å². The Balaban J connectivity index is -0.000000107. The first-order valence-electron chi connectivity index (χ1n) is 2.33. The smallest absolute Gasteiger partial charge is 0.394 e. The molecule has 0 fully saturated rings. The van der Waals surface area contributed by atoms with Crippen LogP contribution >= 0.6 is 0 Å². The molecule has 0 rings (SSSR count). The number of aliphatic hydroxyl groups excluding tert-OH is 2. The van der Waals surface area contributed by atoms with Gasteiger partial charge in [-0.25, -0.2) is 0 Å². The molecule has 0 bridgehead atoms. The van der Waals surface area contributed by atoms with Gasteiger partial charge in [0, 0.05) is 13.2 Å². The molecule has 7 nitrogen and oxygen atoms in total. The van der Waals surface area contributed by atoms with E-state index in [1.165, 1.54) is 0 Å². The average molecular weight is 191 g/mol. The van der Waals surface area contributed by atoms with Gasteiger partial charge in [-0.15, -0.1) is 0 Å². The van der Waals surface area contributed by atoms with Crippen molar-refractivity contribution in [2.24, 2.45) is 0 Å². The quantitative estimate of drug-likeness (QED) is 0.346. The van der Waals surface area contributed by atoms with Crippen molar-refractivity contribution >= 4 is 10.4 Å². The molecule has 7 N–H and O–H groups in total. The Morgan fingerprint density at radius 3 is 1.18 bits per heavy atom. The van der Waals surface area contributed by atoms with Crippen molar-refractivity contribution in [3.05, 3.63) is 0 Å². The third-order valence-electron chi connectivity index (χ3n) is 0.316. The highest BCUT2D eigenvalue weighted by atomic mass is 32.3. The highest BCUT2D eigenvalue weighted by molar-refractivity contribution is 7.79. The maximum atomic E-state index is 8.74. The highest BCUT2D eigenvalue weighted by Gasteiger charge is 1.84. The van der Waals surface area contributed by atoms with E-state index in [1.807, 2.05) is 0 Å². The topological polar surface area (TPSA) is 150 Å². The lowest BCUT2D eigenvalue weighted by Gasteiger charge is -1.79. The van der Waals surface area contributed by atoms with Gasteiger partial charge in [0.25, 0.3) is 0 Å². The molecule has 0 aliphatic carbocycles. The molecular weight excluding hydrogens is 178 g/mol. The average Bonchev–Trinajstić information content (AvgIpc) is 1.63. The summed E-state index contributed by atoms with van der Waals surface area (Å²) in [6, 6.07) is 0. The van der Waals surface area contributed by atoms with Crippen LogP contribution in [0.5, 0.6) is 0 Å². The van der Waals surface area contributed by atoms with Gasteiger partial charge in [0.05, 0.1) is 0 Å². The molecule has 0 aromatic heterocycles. The van der Waals surface area contributed by atoms with Crippen molar-refractivity contribution in [1.29, 1.82) is 0 Å². The fourth-order valence-electron chi connectivity index (χ4n) is 0.0707. The summed E-state index contributed by atoms with van der Waals surface area (Å²) in [5.41, 5.74) is 0. The maximum Gasteiger partial charge on any atom is 0.394 e. The van der Waals surface area contributed by atoms with Crippen LogP contribution in [0.4, 0.5) is 0 Å². The molecule has 0 aromatic carbocycles. The zero-order valence-corrected chi connectivity index (χ0v) is 6.66. The Morgan fingerprint density at radius 2 is 1.18 bits per heavy atom. The Bertz CT molecular complexity index is 132. The molecular formula is C3H13NO6S. The number of hydrogen-bond donors (Lipinski definition) is 5. The minimum Gasteiger partial charge on any atom is -0.396 e. The van der Waals surface area contributed by atoms with Crippen LogP contribution in [0.1, 0.15) is 6.42 Å². The van der Waals surface area contributed by atoms with Gasteiger partial charge in [-0.2, -0.15) is 8.42 Å². The number of aliphatic hydroxyl groups is 2. The van der Waals surface area contributed by atoms with Crippen LogP contribution in [0.3, 0.4) is 0 Å². The van der Waals surface area contributed by atoms with Crippen LogP contribution in [-0.2, 0) is 10.4 Å². The second-order valence-electron chi connectivity index (χ2n) is 1.25. The van der Waals surface area contributed by atoms with Crippen LogP contribution in [-0.4, -0.2) is 41.0 Å². The van der Waals surface area contributed by atoms with Gasteiger partial charge < -0.3 is 16.4 Å². The summed E-state index contributed by atoms with van der Waals surface area (Å²) in [5.74, 6) is 0. The molecule has 11 heavy (non-hydrogen) atoms. The number of hydrogen-bond acceptors (Lipinski definition) is 5. The first kappa shape index (κ1) is 17.0. The van der Waals surface area contributed by atoms with Gasteiger partial charge >= 0.3 is 10.4 Å². The monoisotopic (exact) mass is 191 g/mol. The summed E-state index contributed by atoms with van der Waals surface area (Å²) in [4.78, 5) is 0. The first-order chi connectivity index (χ1) is 4.41. The Hall–Kier alpha value is -0.250. The van der Waals surface area contributed by atoms with Crippen LogP contribution in [0.15, 0.2) is 0 Å². The lowest BCUT2D eigenvalue weighted by molar-refractivity contribution is 0.221. The summed E-state index contributed by atoms with van der Waals surface area (Å²) in [6.45, 7) is 0.188. The van der Waals surface area contributed by atoms with Crippen molar-refractivity contribution < 1.29 is 27.7 Å². The first-order valence-corrected chi connectivity index (χ1v) is 3.73. The Labute approximate surface area is 64.8 Å². The van der Waals surface area contributed by atoms with E-state index < -0.39 is 10.4 Å². The molecule has 0 aliphatic heterocycles. The van der Waals surface area contributed by atoms with Gasteiger partial charge in [-0.1, -0.05) is 0 Å². The molecule has 0 amide bonds. The van der Waals surface area contributed by atoms with Crippen molar-refractivity contribution in [2.75, 3.05) is 13.2 Å². The molecule has 0 aromatic rings. The minimum absolute atomic E-state index is 0. The second-order valence-corrected chi connectivity index (χ2v) is 2.14. The summed E-state index contributed by atoms with van der Waals surface area (Å²) in [6.07, 6.45) is 0.500. The molecule has 0 unspecified atom stereocenters. The largest absolute Gasteiger partial charge is 0.396 e. The van der Waals surface area contributed by atoms with Gasteiger partial charge in [-0.3, -0.25) is 9.11 Å². The van der Waals surface area contributed by atoms with E-state index in [0.29, 0.717) is 6.42 Å². The Morgan fingerprint density at radius 1 is 1.00 bits per heavy atom. The van der Waals surface area contributed by atoms with Gasteiger partial charge in [0.1, 0.15) is 0 Å². The van der Waals surface area contributed by atoms with Crippen LogP contribution in [0, 0.1) is 0 Å². The van der Waals surface area contributed by atoms with E-state index in [0.717, 1.165) is 0 Å². The summed E-state index contributed by atoms with van der Waals surface area (Å²) in [7, 11) is -4.67. The van der Waals surface area contributed by atoms with Crippen LogP contribution < -0.4 is 6.15 Å². The molecule has 0 heterocycles. The van der Waals surface area contributed by atoms with Crippen LogP contribution in [0.2, 0.25) is 0 Å². The standard InChI is InChI=1S/C3H8O2.H3N.H2O4S/c4-2-1-3-5;;1-5(2,3)4/h4-5H,1-3H2;1H3;(H2,1,2,3,4). The molecule has 8 heteroatoms. The molecule has 0 radical (unpaired) electrons. The molecule has 0 aliphatic rings.